The average Bonchev–Trinajstić information content (AvgIpc) is 2.60. The molecule has 0 aromatic heterocycles. The number of carbonyl (C=O) groups is 3. The van der Waals surface area contributed by atoms with Gasteiger partial charge in [0.1, 0.15) is 0 Å². The lowest BCUT2D eigenvalue weighted by Gasteiger charge is -2.53. The Morgan fingerprint density at radius 3 is 2.09 bits per heavy atom. The molecule has 3 aliphatic rings. The molecule has 1 unspecified atom stereocenters. The highest BCUT2D eigenvalue weighted by Gasteiger charge is 2.70. The van der Waals surface area contributed by atoms with Crippen LogP contribution < -0.4 is 0 Å². The van der Waals surface area contributed by atoms with Gasteiger partial charge in [-0.2, -0.15) is 0 Å². The summed E-state index contributed by atoms with van der Waals surface area (Å²) in [7, 11) is 6.33. The van der Waals surface area contributed by atoms with E-state index in [0.29, 0.717) is 0 Å². The minimum Gasteiger partial charge on any atom is -0.469 e. The number of ketones is 1. The molecule has 0 aromatic rings. The summed E-state index contributed by atoms with van der Waals surface area (Å²) in [5.74, 6) is -5.26. The molecule has 3 rings (SSSR count). The summed E-state index contributed by atoms with van der Waals surface area (Å²) in [6.45, 7) is 0. The maximum absolute atomic E-state index is 13.0. The van der Waals surface area contributed by atoms with Crippen LogP contribution in [0.2, 0.25) is 0 Å². The van der Waals surface area contributed by atoms with Gasteiger partial charge in [0.2, 0.25) is 11.6 Å². The van der Waals surface area contributed by atoms with Crippen molar-refractivity contribution in [1.82, 2.24) is 0 Å². The molecular formula is C15H20O8. The van der Waals surface area contributed by atoms with Gasteiger partial charge in [-0.25, -0.2) is 4.79 Å². The second-order valence-electron chi connectivity index (χ2n) is 5.36. The lowest BCUT2D eigenvalue weighted by atomic mass is 9.58. The van der Waals surface area contributed by atoms with Gasteiger partial charge in [0.25, 0.3) is 0 Å². The molecule has 1 fully saturated rings. The molecule has 0 aliphatic heterocycles. The van der Waals surface area contributed by atoms with E-state index in [4.69, 9.17) is 23.7 Å². The highest BCUT2D eigenvalue weighted by Crippen LogP contribution is 2.53. The molecule has 0 amide bonds. The number of carbonyl (C=O) groups excluding carboxylic acids is 3. The lowest BCUT2D eigenvalue weighted by Crippen LogP contribution is -2.71. The number of esters is 2. The molecule has 0 saturated heterocycles. The largest absolute Gasteiger partial charge is 0.469 e. The van der Waals surface area contributed by atoms with Crippen LogP contribution in [0.25, 0.3) is 0 Å². The predicted octanol–water partition coefficient (Wildman–Crippen LogP) is -0.148. The average molecular weight is 328 g/mol. The van der Waals surface area contributed by atoms with Crippen molar-refractivity contribution in [3.8, 4) is 0 Å². The first-order chi connectivity index (χ1) is 10.9. The van der Waals surface area contributed by atoms with Crippen molar-refractivity contribution >= 4 is 17.7 Å². The summed E-state index contributed by atoms with van der Waals surface area (Å²) >= 11 is 0. The Morgan fingerprint density at radius 1 is 1.04 bits per heavy atom. The summed E-state index contributed by atoms with van der Waals surface area (Å²) in [6.07, 6.45) is 1.42. The van der Waals surface area contributed by atoms with Crippen LogP contribution in [-0.2, 0) is 38.1 Å². The Morgan fingerprint density at radius 2 is 1.65 bits per heavy atom. The Kier molecular flexibility index (Phi) is 4.61. The van der Waals surface area contributed by atoms with Gasteiger partial charge in [0, 0.05) is 26.9 Å². The maximum atomic E-state index is 13.0. The lowest BCUT2D eigenvalue weighted by molar-refractivity contribution is -0.260. The highest BCUT2D eigenvalue weighted by molar-refractivity contribution is 6.06. The van der Waals surface area contributed by atoms with Gasteiger partial charge in [0.05, 0.1) is 26.1 Å². The minimum atomic E-state index is -1.72. The molecule has 128 valence electrons. The second kappa shape index (κ2) is 6.03. The van der Waals surface area contributed by atoms with Gasteiger partial charge >= 0.3 is 11.9 Å². The quantitative estimate of drug-likeness (QED) is 0.508. The molecule has 0 N–H and O–H groups in total. The number of fused-ring (bicyclic) bond motifs is 2. The maximum Gasteiger partial charge on any atom is 0.334 e. The van der Waals surface area contributed by atoms with Crippen molar-refractivity contribution < 1.29 is 38.1 Å². The van der Waals surface area contributed by atoms with Gasteiger partial charge in [0.15, 0.2) is 5.60 Å². The molecule has 0 radical (unpaired) electrons. The molecule has 1 saturated carbocycles. The number of ether oxygens (including phenoxy) is 5. The van der Waals surface area contributed by atoms with E-state index < -0.39 is 40.9 Å². The first-order valence-corrected chi connectivity index (χ1v) is 6.97. The summed E-state index contributed by atoms with van der Waals surface area (Å²) in [5, 5.41) is 0. The van der Waals surface area contributed by atoms with Crippen LogP contribution >= 0.6 is 0 Å². The third-order valence-electron chi connectivity index (χ3n) is 4.72. The van der Waals surface area contributed by atoms with Crippen molar-refractivity contribution in [3.63, 3.8) is 0 Å². The smallest absolute Gasteiger partial charge is 0.334 e. The van der Waals surface area contributed by atoms with E-state index in [9.17, 15) is 14.4 Å². The van der Waals surface area contributed by atoms with E-state index >= 15 is 0 Å². The van der Waals surface area contributed by atoms with Gasteiger partial charge in [-0.3, -0.25) is 9.59 Å². The fraction of sp³-hybridized carbons (Fsp3) is 0.667. The standard InChI is InChI=1S/C15H20O8/c1-19-11(16)8-7-14(21-3)10(12(17)20-2)6-9(8)15(22-4,23-5)13(14)18/h7,9-10H,6H2,1-5H3/t9-,10?,14+/m0/s1. The Bertz CT molecular complexity index is 562. The third-order valence-corrected chi connectivity index (χ3v) is 4.72. The number of Topliss-reactive ketones (excluding diaryl/α,β-unsaturated/α-hetero) is 1. The monoisotopic (exact) mass is 328 g/mol. The molecule has 2 bridgehead atoms. The van der Waals surface area contributed by atoms with Crippen LogP contribution in [0.4, 0.5) is 0 Å². The fourth-order valence-electron chi connectivity index (χ4n) is 3.56. The number of methoxy groups -OCH3 is 5. The van der Waals surface area contributed by atoms with Crippen LogP contribution in [0.1, 0.15) is 6.42 Å². The van der Waals surface area contributed by atoms with E-state index in [2.05, 4.69) is 0 Å². The van der Waals surface area contributed by atoms with Crippen molar-refractivity contribution in [2.24, 2.45) is 11.8 Å². The summed E-state index contributed by atoms with van der Waals surface area (Å²) in [6, 6.07) is 0. The van der Waals surface area contributed by atoms with E-state index in [1.54, 1.807) is 0 Å². The first kappa shape index (κ1) is 17.6. The van der Waals surface area contributed by atoms with E-state index in [0.717, 1.165) is 0 Å². The van der Waals surface area contributed by atoms with Gasteiger partial charge in [-0.1, -0.05) is 0 Å². The van der Waals surface area contributed by atoms with Crippen molar-refractivity contribution in [2.45, 2.75) is 17.8 Å². The second-order valence-corrected chi connectivity index (χ2v) is 5.36. The molecule has 8 nitrogen and oxygen atoms in total. The molecule has 3 aliphatic carbocycles. The van der Waals surface area contributed by atoms with Crippen LogP contribution in [0, 0.1) is 11.8 Å². The van der Waals surface area contributed by atoms with E-state index in [1.807, 2.05) is 0 Å². The fourth-order valence-corrected chi connectivity index (χ4v) is 3.56. The van der Waals surface area contributed by atoms with E-state index in [-0.39, 0.29) is 12.0 Å². The highest BCUT2D eigenvalue weighted by atomic mass is 16.7. The molecular weight excluding hydrogens is 308 g/mol. The first-order valence-electron chi connectivity index (χ1n) is 6.97. The molecule has 23 heavy (non-hydrogen) atoms. The topological polar surface area (TPSA) is 97.4 Å². The molecule has 0 heterocycles. The zero-order chi connectivity index (χ0) is 17.4. The van der Waals surface area contributed by atoms with Crippen LogP contribution in [-0.4, -0.2) is 64.7 Å². The summed E-state index contributed by atoms with van der Waals surface area (Å²) < 4.78 is 25.6. The van der Waals surface area contributed by atoms with Crippen LogP contribution in [0.5, 0.6) is 0 Å². The van der Waals surface area contributed by atoms with Crippen molar-refractivity contribution in [1.29, 1.82) is 0 Å². The SMILES string of the molecule is COC(=O)C1=C[C@]2(OC)C(=O)C(OC)(OC)[C@H]1CC2C(=O)OC. The number of rotatable bonds is 5. The van der Waals surface area contributed by atoms with E-state index in [1.165, 1.54) is 41.6 Å². The Hall–Kier alpha value is -1.77. The molecule has 8 heteroatoms. The summed E-state index contributed by atoms with van der Waals surface area (Å²) in [4.78, 5) is 37.3. The zero-order valence-corrected chi connectivity index (χ0v) is 13.7. The van der Waals surface area contributed by atoms with Crippen LogP contribution in [0.3, 0.4) is 0 Å². The number of hydrogen-bond donors (Lipinski definition) is 0. The van der Waals surface area contributed by atoms with Gasteiger partial charge in [-0.15, -0.1) is 0 Å². The van der Waals surface area contributed by atoms with Crippen LogP contribution in [0.15, 0.2) is 11.6 Å². The van der Waals surface area contributed by atoms with Gasteiger partial charge < -0.3 is 23.7 Å². The Balaban J connectivity index is 2.70. The summed E-state index contributed by atoms with van der Waals surface area (Å²) in [5.41, 5.74) is -1.53. The molecule has 3 atom stereocenters. The molecule has 0 spiro atoms. The number of hydrogen-bond acceptors (Lipinski definition) is 8. The molecule has 0 aromatic carbocycles. The predicted molar refractivity (Wildman–Crippen MR) is 75.2 cm³/mol. The Labute approximate surface area is 133 Å². The normalized spacial score (nSPS) is 31.5. The third kappa shape index (κ3) is 2.13. The van der Waals surface area contributed by atoms with Crippen molar-refractivity contribution in [2.75, 3.05) is 35.5 Å². The van der Waals surface area contributed by atoms with Crippen molar-refractivity contribution in [3.05, 3.63) is 11.6 Å². The minimum absolute atomic E-state index is 0.0921. The zero-order valence-electron chi connectivity index (χ0n) is 13.7. The van der Waals surface area contributed by atoms with Gasteiger partial charge in [-0.05, 0) is 12.5 Å².